The Morgan fingerprint density at radius 1 is 0.885 bits per heavy atom. The fraction of sp³-hybridized carbons (Fsp3) is 0. The predicted octanol–water partition coefficient (Wildman–Crippen LogP) is 4.38. The normalized spacial score (nSPS) is 10.2. The van der Waals surface area contributed by atoms with Gasteiger partial charge in [0.25, 0.3) is 11.8 Å². The molecule has 1 heterocycles. The van der Waals surface area contributed by atoms with Gasteiger partial charge in [0.1, 0.15) is 5.82 Å². The first kappa shape index (κ1) is 17.6. The average molecular weight is 370 g/mol. The van der Waals surface area contributed by atoms with Gasteiger partial charge in [0.2, 0.25) is 0 Å². The van der Waals surface area contributed by atoms with Crippen LogP contribution in [0.1, 0.15) is 20.7 Å². The highest BCUT2D eigenvalue weighted by Gasteiger charge is 2.12. The lowest BCUT2D eigenvalue weighted by Gasteiger charge is -2.10. The number of nitrogens with one attached hydrogen (secondary N) is 2. The van der Waals surface area contributed by atoms with Gasteiger partial charge in [-0.2, -0.15) is 0 Å². The van der Waals surface area contributed by atoms with Crippen molar-refractivity contribution in [1.29, 1.82) is 0 Å². The molecule has 0 saturated carbocycles. The van der Waals surface area contributed by atoms with Crippen LogP contribution in [0.3, 0.4) is 0 Å². The maximum atomic E-state index is 13.2. The molecule has 0 aliphatic carbocycles. The number of carbonyl (C=O) groups is 2. The molecule has 2 amide bonds. The van der Waals surface area contributed by atoms with Crippen molar-refractivity contribution in [3.63, 3.8) is 0 Å². The summed E-state index contributed by atoms with van der Waals surface area (Å²) in [4.78, 5) is 28.4. The Balaban J connectivity index is 1.77. The topological polar surface area (TPSA) is 71.1 Å². The molecule has 0 unspecified atom stereocenters. The molecule has 2 N–H and O–H groups in total. The maximum Gasteiger partial charge on any atom is 0.255 e. The van der Waals surface area contributed by atoms with E-state index in [-0.39, 0.29) is 22.3 Å². The molecule has 0 aliphatic rings. The SMILES string of the molecule is O=C(Nc1cnc(Cl)c(NC(=O)c2ccccc2)c1)c1cccc(F)c1. The molecular weight excluding hydrogens is 357 g/mol. The number of amides is 2. The van der Waals surface area contributed by atoms with E-state index in [9.17, 15) is 14.0 Å². The summed E-state index contributed by atoms with van der Waals surface area (Å²) >= 11 is 6.01. The average Bonchev–Trinajstić information content (AvgIpc) is 2.65. The number of carbonyl (C=O) groups excluding carboxylic acids is 2. The fourth-order valence-corrected chi connectivity index (χ4v) is 2.37. The largest absolute Gasteiger partial charge is 0.321 e. The highest BCUT2D eigenvalue weighted by Crippen LogP contribution is 2.24. The quantitative estimate of drug-likeness (QED) is 0.670. The van der Waals surface area contributed by atoms with E-state index in [0.717, 1.165) is 6.07 Å². The molecule has 0 atom stereocenters. The Labute approximate surface area is 153 Å². The van der Waals surface area contributed by atoms with Gasteiger partial charge in [-0.3, -0.25) is 9.59 Å². The zero-order valence-corrected chi connectivity index (χ0v) is 14.1. The lowest BCUT2D eigenvalue weighted by molar-refractivity contribution is 0.101. The Morgan fingerprint density at radius 2 is 1.58 bits per heavy atom. The van der Waals surface area contributed by atoms with Gasteiger partial charge < -0.3 is 10.6 Å². The van der Waals surface area contributed by atoms with E-state index in [0.29, 0.717) is 11.3 Å². The molecule has 0 saturated heterocycles. The van der Waals surface area contributed by atoms with E-state index in [2.05, 4.69) is 15.6 Å². The van der Waals surface area contributed by atoms with Crippen LogP contribution in [0.4, 0.5) is 15.8 Å². The van der Waals surface area contributed by atoms with Crippen molar-refractivity contribution < 1.29 is 14.0 Å². The summed E-state index contributed by atoms with van der Waals surface area (Å²) in [6.45, 7) is 0. The number of benzene rings is 2. The zero-order valence-electron chi connectivity index (χ0n) is 13.4. The lowest BCUT2D eigenvalue weighted by atomic mass is 10.2. The Hall–Kier alpha value is -3.25. The number of aromatic nitrogens is 1. The molecular formula is C19H13ClFN3O2. The lowest BCUT2D eigenvalue weighted by Crippen LogP contribution is -2.15. The van der Waals surface area contributed by atoms with Crippen LogP contribution in [0.25, 0.3) is 0 Å². The van der Waals surface area contributed by atoms with Gasteiger partial charge in [-0.05, 0) is 36.4 Å². The third kappa shape index (κ3) is 4.23. The standard InChI is InChI=1S/C19H13ClFN3O2/c20-17-16(24-18(25)12-5-2-1-3-6-12)10-15(11-22-17)23-19(26)13-7-4-8-14(21)9-13/h1-11H,(H,23,26)(H,24,25). The predicted molar refractivity (Wildman–Crippen MR) is 98.0 cm³/mol. The number of halogens is 2. The van der Waals surface area contributed by atoms with Crippen LogP contribution in [0.15, 0.2) is 66.9 Å². The van der Waals surface area contributed by atoms with Gasteiger partial charge in [-0.1, -0.05) is 35.9 Å². The Bertz CT molecular complexity index is 964. The smallest absolute Gasteiger partial charge is 0.255 e. The van der Waals surface area contributed by atoms with Crippen molar-refractivity contribution >= 4 is 34.8 Å². The molecule has 0 bridgehead atoms. The molecule has 7 heteroatoms. The van der Waals surface area contributed by atoms with Gasteiger partial charge in [0.05, 0.1) is 17.6 Å². The molecule has 1 aromatic heterocycles. The molecule has 5 nitrogen and oxygen atoms in total. The minimum Gasteiger partial charge on any atom is -0.321 e. The summed E-state index contributed by atoms with van der Waals surface area (Å²) in [5.41, 5.74) is 1.18. The third-order valence-electron chi connectivity index (χ3n) is 3.47. The van der Waals surface area contributed by atoms with Gasteiger partial charge >= 0.3 is 0 Å². The van der Waals surface area contributed by atoms with Crippen LogP contribution < -0.4 is 10.6 Å². The molecule has 26 heavy (non-hydrogen) atoms. The molecule has 3 aromatic rings. The first-order valence-corrected chi connectivity index (χ1v) is 7.99. The van der Waals surface area contributed by atoms with E-state index in [1.807, 2.05) is 0 Å². The molecule has 0 spiro atoms. The minimum absolute atomic E-state index is 0.0815. The van der Waals surface area contributed by atoms with Crippen LogP contribution in [0.5, 0.6) is 0 Å². The second-order valence-corrected chi connectivity index (χ2v) is 5.70. The van der Waals surface area contributed by atoms with Gasteiger partial charge in [-0.25, -0.2) is 9.37 Å². The van der Waals surface area contributed by atoms with Crippen molar-refractivity contribution in [3.8, 4) is 0 Å². The van der Waals surface area contributed by atoms with Gasteiger partial charge in [-0.15, -0.1) is 0 Å². The Kier molecular flexibility index (Phi) is 5.24. The molecule has 130 valence electrons. The van der Waals surface area contributed by atoms with Gasteiger partial charge in [0, 0.05) is 11.1 Å². The van der Waals surface area contributed by atoms with Crippen molar-refractivity contribution in [2.75, 3.05) is 10.6 Å². The summed E-state index contributed by atoms with van der Waals surface area (Å²) in [7, 11) is 0. The summed E-state index contributed by atoms with van der Waals surface area (Å²) in [6.07, 6.45) is 1.34. The number of pyridine rings is 1. The van der Waals surface area contributed by atoms with E-state index < -0.39 is 11.7 Å². The highest BCUT2D eigenvalue weighted by atomic mass is 35.5. The first-order chi connectivity index (χ1) is 12.5. The van der Waals surface area contributed by atoms with Crippen molar-refractivity contribution in [1.82, 2.24) is 4.98 Å². The number of nitrogens with zero attached hydrogens (tertiary/aromatic N) is 1. The van der Waals surface area contributed by atoms with Crippen LogP contribution in [-0.4, -0.2) is 16.8 Å². The van der Waals surface area contributed by atoms with Crippen LogP contribution in [-0.2, 0) is 0 Å². The molecule has 3 rings (SSSR count). The second kappa shape index (κ2) is 7.76. The van der Waals surface area contributed by atoms with Crippen LogP contribution >= 0.6 is 11.6 Å². The molecule has 0 aliphatic heterocycles. The first-order valence-electron chi connectivity index (χ1n) is 7.62. The van der Waals surface area contributed by atoms with Crippen molar-refractivity contribution in [3.05, 3.63) is 89.0 Å². The number of rotatable bonds is 4. The Morgan fingerprint density at radius 3 is 2.31 bits per heavy atom. The number of hydrogen-bond acceptors (Lipinski definition) is 3. The van der Waals surface area contributed by atoms with Crippen LogP contribution in [0, 0.1) is 5.82 Å². The van der Waals surface area contributed by atoms with E-state index in [1.165, 1.54) is 30.5 Å². The molecule has 0 fully saturated rings. The monoisotopic (exact) mass is 369 g/mol. The van der Waals surface area contributed by atoms with E-state index in [4.69, 9.17) is 11.6 Å². The van der Waals surface area contributed by atoms with E-state index in [1.54, 1.807) is 30.3 Å². The van der Waals surface area contributed by atoms with Crippen molar-refractivity contribution in [2.45, 2.75) is 0 Å². The maximum absolute atomic E-state index is 13.2. The summed E-state index contributed by atoms with van der Waals surface area (Å²) < 4.78 is 13.2. The number of anilines is 2. The minimum atomic E-state index is -0.511. The number of hydrogen-bond donors (Lipinski definition) is 2. The van der Waals surface area contributed by atoms with Crippen molar-refractivity contribution in [2.24, 2.45) is 0 Å². The summed E-state index contributed by atoms with van der Waals surface area (Å²) in [5.74, 6) is -1.38. The van der Waals surface area contributed by atoms with Gasteiger partial charge in [0.15, 0.2) is 5.15 Å². The highest BCUT2D eigenvalue weighted by molar-refractivity contribution is 6.32. The molecule has 0 radical (unpaired) electrons. The summed E-state index contributed by atoms with van der Waals surface area (Å²) in [5, 5.41) is 5.31. The second-order valence-electron chi connectivity index (χ2n) is 5.35. The third-order valence-corrected chi connectivity index (χ3v) is 3.77. The van der Waals surface area contributed by atoms with Crippen LogP contribution in [0.2, 0.25) is 5.15 Å². The molecule has 2 aromatic carbocycles. The van der Waals surface area contributed by atoms with E-state index >= 15 is 0 Å². The zero-order chi connectivity index (χ0) is 18.5. The summed E-state index contributed by atoms with van der Waals surface area (Å²) in [6, 6.07) is 15.4. The fourth-order valence-electron chi connectivity index (χ4n) is 2.22.